The highest BCUT2D eigenvalue weighted by Gasteiger charge is 2.16. The Bertz CT molecular complexity index is 1270. The largest absolute Gasteiger partial charge is 0.497 e. The molecule has 0 saturated carbocycles. The molecule has 2 aromatic carbocycles. The number of pyridine rings is 2. The number of ether oxygens (including phenoxy) is 2. The van der Waals surface area contributed by atoms with E-state index < -0.39 is 11.8 Å². The van der Waals surface area contributed by atoms with Crippen LogP contribution in [-0.4, -0.2) is 36.0 Å². The molecule has 8 heteroatoms. The minimum absolute atomic E-state index is 0.273. The standard InChI is InChI=1S/C24H20N4O4/c1-31-16-11-15(12-17(13-16)32-2)23(29)27-28-24(30)19-14-22(21-9-5-6-10-25-21)26-20-8-4-3-7-18(19)20/h3-14H,1-2H3,(H,27,29)(H,28,30). The lowest BCUT2D eigenvalue weighted by Crippen LogP contribution is -2.41. The van der Waals surface area contributed by atoms with E-state index in [1.54, 1.807) is 42.6 Å². The molecule has 160 valence electrons. The lowest BCUT2D eigenvalue weighted by molar-refractivity contribution is 0.0847. The summed E-state index contributed by atoms with van der Waals surface area (Å²) in [4.78, 5) is 34.5. The summed E-state index contributed by atoms with van der Waals surface area (Å²) in [5, 5.41) is 0.655. The van der Waals surface area contributed by atoms with Gasteiger partial charge in [0.25, 0.3) is 11.8 Å². The highest BCUT2D eigenvalue weighted by atomic mass is 16.5. The number of amides is 2. The molecule has 2 N–H and O–H groups in total. The number of hydrogen-bond donors (Lipinski definition) is 2. The van der Waals surface area contributed by atoms with Crippen LogP contribution in [0.4, 0.5) is 0 Å². The van der Waals surface area contributed by atoms with Gasteiger partial charge in [0.2, 0.25) is 0 Å². The van der Waals surface area contributed by atoms with Crippen molar-refractivity contribution >= 4 is 22.7 Å². The molecule has 2 aromatic heterocycles. The smallest absolute Gasteiger partial charge is 0.270 e. The lowest BCUT2D eigenvalue weighted by Gasteiger charge is -2.12. The van der Waals surface area contributed by atoms with Crippen LogP contribution < -0.4 is 20.3 Å². The highest BCUT2D eigenvalue weighted by Crippen LogP contribution is 2.24. The summed E-state index contributed by atoms with van der Waals surface area (Å²) in [6.07, 6.45) is 1.66. The molecule has 0 aliphatic heterocycles. The third-order valence-corrected chi connectivity index (χ3v) is 4.79. The fourth-order valence-corrected chi connectivity index (χ4v) is 3.20. The molecule has 0 aliphatic carbocycles. The maximum absolute atomic E-state index is 13.0. The lowest BCUT2D eigenvalue weighted by atomic mass is 10.1. The van der Waals surface area contributed by atoms with Crippen LogP contribution in [0, 0.1) is 0 Å². The Morgan fingerprint density at radius 3 is 2.16 bits per heavy atom. The quantitative estimate of drug-likeness (QED) is 0.473. The molecule has 4 rings (SSSR count). The van der Waals surface area contributed by atoms with Crippen LogP contribution in [-0.2, 0) is 0 Å². The Morgan fingerprint density at radius 1 is 0.781 bits per heavy atom. The highest BCUT2D eigenvalue weighted by molar-refractivity contribution is 6.08. The van der Waals surface area contributed by atoms with Crippen LogP contribution >= 0.6 is 0 Å². The van der Waals surface area contributed by atoms with Crippen molar-refractivity contribution in [1.82, 2.24) is 20.8 Å². The van der Waals surface area contributed by atoms with E-state index in [4.69, 9.17) is 9.47 Å². The fraction of sp³-hybridized carbons (Fsp3) is 0.0833. The summed E-state index contributed by atoms with van der Waals surface area (Å²) < 4.78 is 10.4. The zero-order valence-corrected chi connectivity index (χ0v) is 17.5. The van der Waals surface area contributed by atoms with Gasteiger partial charge in [0.05, 0.1) is 36.7 Å². The fourth-order valence-electron chi connectivity index (χ4n) is 3.20. The molecular weight excluding hydrogens is 408 g/mol. The molecule has 0 saturated heterocycles. The van der Waals surface area contributed by atoms with Crippen molar-refractivity contribution in [3.8, 4) is 22.9 Å². The maximum atomic E-state index is 13.0. The molecule has 0 aliphatic rings. The third-order valence-electron chi connectivity index (χ3n) is 4.79. The minimum Gasteiger partial charge on any atom is -0.497 e. The van der Waals surface area contributed by atoms with E-state index in [1.807, 2.05) is 30.3 Å². The van der Waals surface area contributed by atoms with Crippen LogP contribution in [0.15, 0.2) is 72.9 Å². The molecule has 32 heavy (non-hydrogen) atoms. The van der Waals surface area contributed by atoms with Gasteiger partial charge in [-0.15, -0.1) is 0 Å². The van der Waals surface area contributed by atoms with Gasteiger partial charge in [0.15, 0.2) is 0 Å². The Labute approximate surface area is 184 Å². The van der Waals surface area contributed by atoms with Gasteiger partial charge in [-0.25, -0.2) is 4.98 Å². The minimum atomic E-state index is -0.515. The first-order valence-corrected chi connectivity index (χ1v) is 9.74. The first kappa shape index (κ1) is 20.8. The average Bonchev–Trinajstić information content (AvgIpc) is 2.86. The van der Waals surface area contributed by atoms with Crippen molar-refractivity contribution in [2.75, 3.05) is 14.2 Å². The van der Waals surface area contributed by atoms with Crippen molar-refractivity contribution in [1.29, 1.82) is 0 Å². The van der Waals surface area contributed by atoms with Crippen molar-refractivity contribution in [3.63, 3.8) is 0 Å². The van der Waals surface area contributed by atoms with Gasteiger partial charge in [0.1, 0.15) is 11.5 Å². The van der Waals surface area contributed by atoms with Crippen molar-refractivity contribution in [3.05, 3.63) is 84.1 Å². The predicted molar refractivity (Wildman–Crippen MR) is 119 cm³/mol. The normalized spacial score (nSPS) is 10.4. The number of carbonyl (C=O) groups excluding carboxylic acids is 2. The number of nitrogens with zero attached hydrogens (tertiary/aromatic N) is 2. The summed E-state index contributed by atoms with van der Waals surface area (Å²) in [6, 6.07) is 19.2. The molecule has 0 unspecified atom stereocenters. The van der Waals surface area contributed by atoms with Crippen molar-refractivity contribution < 1.29 is 19.1 Å². The summed E-state index contributed by atoms with van der Waals surface area (Å²) >= 11 is 0. The monoisotopic (exact) mass is 428 g/mol. The molecule has 2 amide bonds. The molecule has 0 fully saturated rings. The van der Waals surface area contributed by atoms with Gasteiger partial charge >= 0.3 is 0 Å². The molecular formula is C24H20N4O4. The second-order valence-electron chi connectivity index (χ2n) is 6.80. The van der Waals surface area contributed by atoms with E-state index in [2.05, 4.69) is 20.8 Å². The number of hydrogen-bond acceptors (Lipinski definition) is 6. The van der Waals surface area contributed by atoms with E-state index in [9.17, 15) is 9.59 Å². The molecule has 8 nitrogen and oxygen atoms in total. The number of para-hydroxylation sites is 1. The number of hydrazine groups is 1. The Kier molecular flexibility index (Phi) is 5.94. The van der Waals surface area contributed by atoms with Gasteiger partial charge in [0, 0.05) is 23.2 Å². The Hall–Kier alpha value is -4.46. The van der Waals surface area contributed by atoms with Gasteiger partial charge in [-0.3, -0.25) is 25.4 Å². The van der Waals surface area contributed by atoms with E-state index in [0.29, 0.717) is 39.4 Å². The van der Waals surface area contributed by atoms with Crippen LogP contribution in [0.2, 0.25) is 0 Å². The van der Waals surface area contributed by atoms with E-state index >= 15 is 0 Å². The summed E-state index contributed by atoms with van der Waals surface area (Å²) in [5.74, 6) is -0.0789. The van der Waals surface area contributed by atoms with Gasteiger partial charge in [-0.05, 0) is 36.4 Å². The van der Waals surface area contributed by atoms with Crippen LogP contribution in [0.3, 0.4) is 0 Å². The van der Waals surface area contributed by atoms with Crippen molar-refractivity contribution in [2.24, 2.45) is 0 Å². The van der Waals surface area contributed by atoms with Gasteiger partial charge in [-0.2, -0.15) is 0 Å². The second kappa shape index (κ2) is 9.13. The first-order valence-electron chi connectivity index (χ1n) is 9.74. The SMILES string of the molecule is COc1cc(OC)cc(C(=O)NNC(=O)c2cc(-c3ccccn3)nc3ccccc23)c1. The number of fused-ring (bicyclic) bond motifs is 1. The zero-order valence-electron chi connectivity index (χ0n) is 17.5. The van der Waals surface area contributed by atoms with Gasteiger partial charge in [-0.1, -0.05) is 24.3 Å². The second-order valence-corrected chi connectivity index (χ2v) is 6.80. The Balaban J connectivity index is 1.61. The molecule has 2 heterocycles. The zero-order chi connectivity index (χ0) is 22.5. The number of nitrogens with one attached hydrogen (secondary N) is 2. The summed E-state index contributed by atoms with van der Waals surface area (Å²) in [7, 11) is 2.98. The predicted octanol–water partition coefficient (Wildman–Crippen LogP) is 3.39. The van der Waals surface area contributed by atoms with Crippen LogP contribution in [0.5, 0.6) is 11.5 Å². The Morgan fingerprint density at radius 2 is 1.47 bits per heavy atom. The molecule has 0 spiro atoms. The molecule has 0 bridgehead atoms. The molecule has 0 atom stereocenters. The average molecular weight is 428 g/mol. The number of benzene rings is 2. The summed E-state index contributed by atoms with van der Waals surface area (Å²) in [5.41, 5.74) is 7.38. The van der Waals surface area contributed by atoms with Crippen LogP contribution in [0.1, 0.15) is 20.7 Å². The third kappa shape index (κ3) is 4.34. The topological polar surface area (TPSA) is 102 Å². The first-order chi connectivity index (χ1) is 15.6. The molecule has 0 radical (unpaired) electrons. The number of rotatable bonds is 5. The number of carbonyl (C=O) groups is 2. The van der Waals surface area contributed by atoms with E-state index in [1.165, 1.54) is 14.2 Å². The maximum Gasteiger partial charge on any atom is 0.270 e. The number of methoxy groups -OCH3 is 2. The number of aromatic nitrogens is 2. The van der Waals surface area contributed by atoms with E-state index in [-0.39, 0.29) is 5.56 Å². The summed E-state index contributed by atoms with van der Waals surface area (Å²) in [6.45, 7) is 0. The van der Waals surface area contributed by atoms with Crippen molar-refractivity contribution in [2.45, 2.75) is 0 Å². The van der Waals surface area contributed by atoms with Crippen LogP contribution in [0.25, 0.3) is 22.3 Å². The van der Waals surface area contributed by atoms with E-state index in [0.717, 1.165) is 0 Å². The molecule has 4 aromatic rings. The van der Waals surface area contributed by atoms with Gasteiger partial charge < -0.3 is 9.47 Å².